The third-order valence-corrected chi connectivity index (χ3v) is 3.97. The van der Waals surface area contributed by atoms with Crippen LogP contribution < -0.4 is 0 Å². The van der Waals surface area contributed by atoms with E-state index in [0.29, 0.717) is 5.41 Å². The highest BCUT2D eigenvalue weighted by atomic mass is 16.3. The Morgan fingerprint density at radius 2 is 1.82 bits per heavy atom. The van der Waals surface area contributed by atoms with Gasteiger partial charge in [-0.15, -0.1) is 0 Å². The molecule has 0 amide bonds. The Morgan fingerprint density at radius 3 is 2.35 bits per heavy atom. The van der Waals surface area contributed by atoms with Crippen LogP contribution in [0.3, 0.4) is 0 Å². The average Bonchev–Trinajstić information content (AvgIpc) is 3.09. The minimum Gasteiger partial charge on any atom is -0.395 e. The van der Waals surface area contributed by atoms with E-state index in [9.17, 15) is 0 Å². The maximum Gasteiger partial charge on any atom is 0.0558 e. The van der Waals surface area contributed by atoms with E-state index in [2.05, 4.69) is 43.1 Å². The summed E-state index contributed by atoms with van der Waals surface area (Å²) < 4.78 is 0. The molecule has 1 aliphatic carbocycles. The molecule has 0 bridgehead atoms. The number of hydrogen-bond donors (Lipinski definition) is 1. The first-order chi connectivity index (χ1) is 8.16. The highest BCUT2D eigenvalue weighted by Gasteiger charge is 2.43. The summed E-state index contributed by atoms with van der Waals surface area (Å²) in [5, 5.41) is 8.89. The molecule has 2 nitrogen and oxygen atoms in total. The van der Waals surface area contributed by atoms with Crippen LogP contribution in [0.25, 0.3) is 0 Å². The van der Waals surface area contributed by atoms with E-state index in [0.717, 1.165) is 13.1 Å². The highest BCUT2D eigenvalue weighted by Crippen LogP contribution is 2.51. The first-order valence-corrected chi connectivity index (χ1v) is 6.53. The summed E-state index contributed by atoms with van der Waals surface area (Å²) in [4.78, 5) is 2.22. The van der Waals surface area contributed by atoms with E-state index < -0.39 is 0 Å². The van der Waals surface area contributed by atoms with E-state index in [1.165, 1.54) is 30.4 Å². The molecule has 1 aromatic carbocycles. The first kappa shape index (κ1) is 12.6. The van der Waals surface area contributed by atoms with Crippen molar-refractivity contribution in [3.05, 3.63) is 35.4 Å². The number of hydrogen-bond acceptors (Lipinski definition) is 2. The van der Waals surface area contributed by atoms with Gasteiger partial charge in [-0.25, -0.2) is 0 Å². The minimum atomic E-state index is 0.258. The molecule has 1 saturated carbocycles. The quantitative estimate of drug-likeness (QED) is 0.815. The Hall–Kier alpha value is -0.860. The second kappa shape index (κ2) is 5.19. The van der Waals surface area contributed by atoms with Crippen molar-refractivity contribution in [2.24, 2.45) is 0 Å². The number of aryl methyl sites for hydroxylation is 1. The second-order valence-electron chi connectivity index (χ2n) is 5.42. The molecule has 0 radical (unpaired) electrons. The lowest BCUT2D eigenvalue weighted by Gasteiger charge is -2.21. The molecule has 2 rings (SSSR count). The fraction of sp³-hybridized carbons (Fsp3) is 0.600. The number of benzene rings is 1. The lowest BCUT2D eigenvalue weighted by molar-refractivity contribution is 0.216. The number of aliphatic hydroxyl groups excluding tert-OH is 1. The van der Waals surface area contributed by atoms with Gasteiger partial charge < -0.3 is 10.0 Å². The summed E-state index contributed by atoms with van der Waals surface area (Å²) in [6.07, 6.45) is 3.86. The van der Waals surface area contributed by atoms with Gasteiger partial charge in [0.25, 0.3) is 0 Å². The number of likely N-dealkylation sites (N-methyl/N-ethyl adjacent to an activating group) is 1. The topological polar surface area (TPSA) is 23.5 Å². The molecule has 0 saturated heterocycles. The molecular weight excluding hydrogens is 210 g/mol. The van der Waals surface area contributed by atoms with E-state index in [1.807, 2.05) is 0 Å². The molecule has 0 aromatic heterocycles. The molecule has 0 atom stereocenters. The summed E-state index contributed by atoms with van der Waals surface area (Å²) in [6.45, 7) is 4.25. The monoisotopic (exact) mass is 233 g/mol. The van der Waals surface area contributed by atoms with Gasteiger partial charge in [0.2, 0.25) is 0 Å². The van der Waals surface area contributed by atoms with Crippen LogP contribution in [0, 0.1) is 6.92 Å². The molecule has 1 aliphatic rings. The van der Waals surface area contributed by atoms with Crippen molar-refractivity contribution in [3.63, 3.8) is 0 Å². The van der Waals surface area contributed by atoms with Gasteiger partial charge in [0, 0.05) is 6.54 Å². The molecule has 17 heavy (non-hydrogen) atoms. The second-order valence-corrected chi connectivity index (χ2v) is 5.42. The van der Waals surface area contributed by atoms with Gasteiger partial charge in [0.1, 0.15) is 0 Å². The van der Waals surface area contributed by atoms with Crippen LogP contribution in [-0.4, -0.2) is 36.8 Å². The Morgan fingerprint density at radius 1 is 1.18 bits per heavy atom. The molecule has 1 N–H and O–H groups in total. The highest BCUT2D eigenvalue weighted by molar-refractivity contribution is 5.33. The van der Waals surface area contributed by atoms with Crippen molar-refractivity contribution >= 4 is 0 Å². The Bertz CT molecular complexity index is 354. The number of aliphatic hydroxyl groups is 1. The third-order valence-electron chi connectivity index (χ3n) is 3.97. The van der Waals surface area contributed by atoms with Gasteiger partial charge in [-0.2, -0.15) is 0 Å². The maximum atomic E-state index is 8.89. The summed E-state index contributed by atoms with van der Waals surface area (Å²) >= 11 is 0. The van der Waals surface area contributed by atoms with Crippen LogP contribution in [0.2, 0.25) is 0 Å². The summed E-state index contributed by atoms with van der Waals surface area (Å²) in [6, 6.07) is 9.00. The van der Waals surface area contributed by atoms with Gasteiger partial charge in [-0.05, 0) is 50.8 Å². The summed E-state index contributed by atoms with van der Waals surface area (Å²) in [7, 11) is 2.08. The van der Waals surface area contributed by atoms with Gasteiger partial charge in [-0.1, -0.05) is 29.8 Å². The van der Waals surface area contributed by atoms with Gasteiger partial charge in [0.15, 0.2) is 0 Å². The van der Waals surface area contributed by atoms with Gasteiger partial charge in [0.05, 0.1) is 6.61 Å². The molecule has 2 heteroatoms. The van der Waals surface area contributed by atoms with E-state index in [-0.39, 0.29) is 6.61 Å². The molecule has 0 unspecified atom stereocenters. The molecule has 0 heterocycles. The van der Waals surface area contributed by atoms with E-state index >= 15 is 0 Å². The number of rotatable bonds is 6. The van der Waals surface area contributed by atoms with Crippen molar-refractivity contribution in [2.45, 2.75) is 31.6 Å². The zero-order chi connectivity index (χ0) is 12.3. The van der Waals surface area contributed by atoms with Crippen molar-refractivity contribution in [2.75, 3.05) is 26.7 Å². The van der Waals surface area contributed by atoms with Crippen LogP contribution >= 0.6 is 0 Å². The van der Waals surface area contributed by atoms with Crippen molar-refractivity contribution in [1.29, 1.82) is 0 Å². The molecular formula is C15H23NO. The standard InChI is InChI=1S/C15H23NO/c1-13-3-5-14(6-4-13)15(7-8-15)9-10-16(2)11-12-17/h3-6,17H,7-12H2,1-2H3. The molecule has 0 spiro atoms. The predicted octanol–water partition coefficient (Wildman–Crippen LogP) is 2.34. The summed E-state index contributed by atoms with van der Waals surface area (Å²) in [5.41, 5.74) is 3.28. The predicted molar refractivity (Wildman–Crippen MR) is 71.3 cm³/mol. The molecule has 1 aromatic rings. The van der Waals surface area contributed by atoms with Crippen molar-refractivity contribution < 1.29 is 5.11 Å². The average molecular weight is 233 g/mol. The fourth-order valence-corrected chi connectivity index (χ4v) is 2.43. The van der Waals surface area contributed by atoms with Crippen LogP contribution in [0.15, 0.2) is 24.3 Å². The van der Waals surface area contributed by atoms with Crippen LogP contribution in [0.4, 0.5) is 0 Å². The van der Waals surface area contributed by atoms with Crippen LogP contribution in [-0.2, 0) is 5.41 Å². The smallest absolute Gasteiger partial charge is 0.0558 e. The van der Waals surface area contributed by atoms with E-state index in [4.69, 9.17) is 5.11 Å². The maximum absolute atomic E-state index is 8.89. The lowest BCUT2D eigenvalue weighted by atomic mass is 9.91. The molecule has 0 aliphatic heterocycles. The van der Waals surface area contributed by atoms with Gasteiger partial charge in [-0.3, -0.25) is 0 Å². The normalized spacial score (nSPS) is 17.4. The third kappa shape index (κ3) is 3.08. The Balaban J connectivity index is 1.93. The van der Waals surface area contributed by atoms with Crippen LogP contribution in [0.1, 0.15) is 30.4 Å². The van der Waals surface area contributed by atoms with E-state index in [1.54, 1.807) is 0 Å². The zero-order valence-electron chi connectivity index (χ0n) is 10.9. The van der Waals surface area contributed by atoms with Crippen molar-refractivity contribution in [1.82, 2.24) is 4.90 Å². The lowest BCUT2D eigenvalue weighted by Crippen LogP contribution is -2.26. The minimum absolute atomic E-state index is 0.258. The SMILES string of the molecule is Cc1ccc(C2(CCN(C)CCO)CC2)cc1. The zero-order valence-corrected chi connectivity index (χ0v) is 10.9. The fourth-order valence-electron chi connectivity index (χ4n) is 2.43. The first-order valence-electron chi connectivity index (χ1n) is 6.53. The Labute approximate surface area is 104 Å². The number of nitrogens with zero attached hydrogens (tertiary/aromatic N) is 1. The van der Waals surface area contributed by atoms with Gasteiger partial charge >= 0.3 is 0 Å². The van der Waals surface area contributed by atoms with Crippen LogP contribution in [0.5, 0.6) is 0 Å². The Kier molecular flexibility index (Phi) is 3.85. The van der Waals surface area contributed by atoms with Crippen molar-refractivity contribution in [3.8, 4) is 0 Å². The summed E-state index contributed by atoms with van der Waals surface area (Å²) in [5.74, 6) is 0. The largest absolute Gasteiger partial charge is 0.395 e. The molecule has 94 valence electrons. The molecule has 1 fully saturated rings.